The molecule has 0 nitrogen and oxygen atoms in total. The standard InChI is InChI=1S/C13H15.C5H5.C3H6.2ClH.Zr/c1-13(2,3)12-9-8-10-6-4-5-7-11(10)12;1-2-4-5-3-1;1-3-2;;;/h4-9H,1-3H3;1-3H,4H2;1-2H3;2*1H;. The van der Waals surface area contributed by atoms with Gasteiger partial charge in [0.2, 0.25) is 0 Å². The van der Waals surface area contributed by atoms with Crippen LogP contribution in [0.1, 0.15) is 55.8 Å². The van der Waals surface area contributed by atoms with Crippen LogP contribution in [0.3, 0.4) is 0 Å². The maximum atomic E-state index is 2.63. The van der Waals surface area contributed by atoms with E-state index in [-0.39, 0.29) is 30.2 Å². The van der Waals surface area contributed by atoms with Gasteiger partial charge in [-0.05, 0) is 0 Å². The first-order valence-electron chi connectivity index (χ1n) is 8.24. The third kappa shape index (κ3) is 4.12. The first-order valence-corrected chi connectivity index (χ1v) is 12.1. The van der Waals surface area contributed by atoms with Crippen molar-refractivity contribution in [3.63, 3.8) is 0 Å². The summed E-state index contributed by atoms with van der Waals surface area (Å²) >= 11 is -1.80. The Hall–Kier alpha value is -0.227. The molecule has 0 N–H and O–H groups in total. The molecule has 0 saturated carbocycles. The molecule has 3 heteroatoms. The van der Waals surface area contributed by atoms with E-state index in [9.17, 15) is 0 Å². The van der Waals surface area contributed by atoms with Crippen molar-refractivity contribution in [2.45, 2.75) is 44.7 Å². The van der Waals surface area contributed by atoms with E-state index in [0.29, 0.717) is 3.63 Å². The number of hydrogen-bond donors (Lipinski definition) is 0. The molecule has 0 bridgehead atoms. The van der Waals surface area contributed by atoms with Crippen molar-refractivity contribution in [1.82, 2.24) is 0 Å². The number of benzene rings is 1. The van der Waals surface area contributed by atoms with E-state index >= 15 is 0 Å². The van der Waals surface area contributed by atoms with Gasteiger partial charge in [0.25, 0.3) is 0 Å². The van der Waals surface area contributed by atoms with Gasteiger partial charge >= 0.3 is 143 Å². The van der Waals surface area contributed by atoms with E-state index in [1.54, 1.807) is 17.6 Å². The Morgan fingerprint density at radius 2 is 1.75 bits per heavy atom. The number of halogens is 2. The summed E-state index contributed by atoms with van der Waals surface area (Å²) in [5.41, 5.74) is 4.88. The number of rotatable bonds is 2. The Balaban J connectivity index is 0.00000144. The van der Waals surface area contributed by atoms with Crippen LogP contribution in [0, 0.1) is 5.41 Å². The smallest absolute Gasteiger partial charge is 0.147 e. The summed E-state index contributed by atoms with van der Waals surface area (Å²) in [6.07, 6.45) is 10.8. The molecule has 0 amide bonds. The van der Waals surface area contributed by atoms with Gasteiger partial charge in [0, 0.05) is 0 Å². The van der Waals surface area contributed by atoms with Crippen molar-refractivity contribution < 1.29 is 21.3 Å². The van der Waals surface area contributed by atoms with Crippen molar-refractivity contribution in [3.05, 3.63) is 63.0 Å². The second-order valence-electron chi connectivity index (χ2n) is 7.63. The van der Waals surface area contributed by atoms with Crippen molar-refractivity contribution in [1.29, 1.82) is 0 Å². The average molecular weight is 443 g/mol. The predicted octanol–water partition coefficient (Wildman–Crippen LogP) is 6.69. The van der Waals surface area contributed by atoms with Gasteiger partial charge in [0.05, 0.1) is 0 Å². The van der Waals surface area contributed by atoms with E-state index in [2.05, 4.69) is 83.2 Å². The maximum absolute atomic E-state index is 2.63. The Kier molecular flexibility index (Phi) is 7.67. The van der Waals surface area contributed by atoms with E-state index in [0.717, 1.165) is 0 Å². The van der Waals surface area contributed by atoms with Gasteiger partial charge in [-0.3, -0.25) is 0 Å². The molecule has 0 aromatic heterocycles. The zero-order chi connectivity index (χ0) is 15.9. The van der Waals surface area contributed by atoms with Crippen LogP contribution in [-0.4, -0.2) is 3.21 Å². The summed E-state index contributed by atoms with van der Waals surface area (Å²) in [4.78, 5) is 0. The molecule has 130 valence electrons. The fraction of sp³-hybridized carbons (Fsp3) is 0.381. The van der Waals surface area contributed by atoms with Crippen LogP contribution >= 0.6 is 24.8 Å². The quantitative estimate of drug-likeness (QED) is 0.479. The largest absolute Gasteiger partial charge is 0.147 e. The zero-order valence-electron chi connectivity index (χ0n) is 15.2. The monoisotopic (exact) mass is 440 g/mol. The number of hydrogen-bond acceptors (Lipinski definition) is 0. The van der Waals surface area contributed by atoms with E-state index < -0.39 is 21.3 Å². The van der Waals surface area contributed by atoms with Gasteiger partial charge in [0.1, 0.15) is 0 Å². The molecule has 3 rings (SSSR count). The van der Waals surface area contributed by atoms with Crippen molar-refractivity contribution in [3.8, 4) is 0 Å². The first-order chi connectivity index (χ1) is 10.4. The first kappa shape index (κ1) is 21.8. The molecule has 1 aromatic carbocycles. The molecular weight excluding hydrogens is 414 g/mol. The fourth-order valence-corrected chi connectivity index (χ4v) is 11.5. The van der Waals surface area contributed by atoms with Crippen molar-refractivity contribution >= 4 is 33.6 Å². The topological polar surface area (TPSA) is 0 Å². The Labute approximate surface area is 167 Å². The zero-order valence-corrected chi connectivity index (χ0v) is 19.3. The summed E-state index contributed by atoms with van der Waals surface area (Å²) in [7, 11) is 0. The van der Waals surface area contributed by atoms with Crippen LogP contribution in [0.4, 0.5) is 0 Å². The molecule has 0 aliphatic heterocycles. The van der Waals surface area contributed by atoms with E-state index in [4.69, 9.17) is 0 Å². The second kappa shape index (κ2) is 8.44. The van der Waals surface area contributed by atoms with Gasteiger partial charge in [0.15, 0.2) is 0 Å². The number of allylic oxidation sites excluding steroid dienone is 6. The van der Waals surface area contributed by atoms with E-state index in [1.165, 1.54) is 12.0 Å². The molecule has 1 unspecified atom stereocenters. The van der Waals surface area contributed by atoms with Gasteiger partial charge in [-0.15, -0.1) is 24.8 Å². The van der Waals surface area contributed by atoms with Crippen LogP contribution in [0.15, 0.2) is 51.9 Å². The van der Waals surface area contributed by atoms with Crippen LogP contribution in [-0.2, 0) is 21.3 Å². The molecule has 2 aliphatic carbocycles. The molecule has 0 spiro atoms. The molecular formula is C21H28Cl2Zr. The Bertz CT molecular complexity index is 726. The summed E-state index contributed by atoms with van der Waals surface area (Å²) in [5.74, 6) is 0. The molecule has 0 radical (unpaired) electrons. The molecule has 2 aliphatic rings. The molecule has 0 fully saturated rings. The minimum Gasteiger partial charge on any atom is -0.147 e. The summed E-state index contributed by atoms with van der Waals surface area (Å²) in [6, 6.07) is 9.13. The van der Waals surface area contributed by atoms with Gasteiger partial charge in [-0.1, -0.05) is 0 Å². The molecule has 0 saturated heterocycles. The van der Waals surface area contributed by atoms with Crippen molar-refractivity contribution in [2.24, 2.45) is 5.41 Å². The Morgan fingerprint density at radius 3 is 2.29 bits per heavy atom. The molecule has 0 heterocycles. The molecule has 1 aromatic rings. The number of fused-ring (bicyclic) bond motifs is 1. The normalized spacial score (nSPS) is 18.1. The van der Waals surface area contributed by atoms with Gasteiger partial charge in [-0.25, -0.2) is 0 Å². The van der Waals surface area contributed by atoms with Crippen LogP contribution in [0.5, 0.6) is 0 Å². The molecule has 1 atom stereocenters. The Morgan fingerprint density at radius 1 is 1.08 bits per heavy atom. The minimum absolute atomic E-state index is 0. The maximum Gasteiger partial charge on any atom is -0.147 e. The third-order valence-electron chi connectivity index (χ3n) is 4.69. The van der Waals surface area contributed by atoms with Crippen LogP contribution in [0.2, 0.25) is 0 Å². The average Bonchev–Trinajstić information content (AvgIpc) is 3.07. The van der Waals surface area contributed by atoms with Crippen molar-refractivity contribution in [2.75, 3.05) is 0 Å². The summed E-state index contributed by atoms with van der Waals surface area (Å²) in [6.45, 7) is 11.8. The van der Waals surface area contributed by atoms with Crippen LogP contribution < -0.4 is 0 Å². The summed E-state index contributed by atoms with van der Waals surface area (Å²) < 4.78 is 4.15. The predicted molar refractivity (Wildman–Crippen MR) is 109 cm³/mol. The summed E-state index contributed by atoms with van der Waals surface area (Å²) in [5, 5.41) is 0. The fourth-order valence-electron chi connectivity index (χ4n) is 3.73. The van der Waals surface area contributed by atoms with Crippen LogP contribution in [0.25, 0.3) is 5.57 Å². The minimum atomic E-state index is -1.80. The van der Waals surface area contributed by atoms with Gasteiger partial charge < -0.3 is 0 Å². The molecule has 24 heavy (non-hydrogen) atoms. The van der Waals surface area contributed by atoms with Gasteiger partial charge in [-0.2, -0.15) is 0 Å². The third-order valence-corrected chi connectivity index (χ3v) is 12.7. The van der Waals surface area contributed by atoms with E-state index in [1.807, 2.05) is 0 Å². The SMILES string of the molecule is C[C](C)=[Zr]([C]1=CC=CC1)[CH]1C=C(C(C)(C)C)c2ccccc21.Cl.Cl. The second-order valence-corrected chi connectivity index (χ2v) is 15.2.